The van der Waals surface area contributed by atoms with E-state index >= 15 is 0 Å². The Labute approximate surface area is 216 Å². The highest BCUT2D eigenvalue weighted by molar-refractivity contribution is 6.01. The van der Waals surface area contributed by atoms with E-state index in [4.69, 9.17) is 21.0 Å². The summed E-state index contributed by atoms with van der Waals surface area (Å²) < 4.78 is 35.7. The first-order chi connectivity index (χ1) is 17.9. The number of rotatable bonds is 6. The van der Waals surface area contributed by atoms with Crippen molar-refractivity contribution in [1.29, 1.82) is 5.41 Å². The fraction of sp³-hybridized carbons (Fsp3) is 0.185. The molecule has 198 valence electrons. The second kappa shape index (κ2) is 11.6. The second-order valence-corrected chi connectivity index (χ2v) is 8.55. The number of benzene rings is 2. The number of carbonyl (C=O) groups excluding carboxylic acids is 1. The van der Waals surface area contributed by atoms with Crippen molar-refractivity contribution >= 4 is 28.6 Å². The zero-order chi connectivity index (χ0) is 28.0. The van der Waals surface area contributed by atoms with Crippen LogP contribution in [-0.2, 0) is 24.9 Å². The number of aromatic nitrogens is 2. The molecule has 11 heteroatoms. The number of carboxylic acids is 1. The number of nitrogens with two attached hydrogens (primary N) is 1. The molecule has 0 aliphatic rings. The Kier molecular flexibility index (Phi) is 8.51. The molecule has 38 heavy (non-hydrogen) atoms. The lowest BCUT2D eigenvalue weighted by Gasteiger charge is -2.13. The van der Waals surface area contributed by atoms with Crippen molar-refractivity contribution in [2.24, 2.45) is 12.8 Å². The molecule has 0 aliphatic carbocycles. The number of hydrogen-bond acceptors (Lipinski definition) is 3. The van der Waals surface area contributed by atoms with E-state index < -0.39 is 12.1 Å². The summed E-state index contributed by atoms with van der Waals surface area (Å²) >= 11 is 0. The quantitative estimate of drug-likeness (QED) is 0.174. The van der Waals surface area contributed by atoms with E-state index in [-0.39, 0.29) is 11.7 Å². The maximum absolute atomic E-state index is 13.3. The van der Waals surface area contributed by atoms with Crippen molar-refractivity contribution in [1.82, 2.24) is 9.88 Å². The average Bonchev–Trinajstić information content (AvgIpc) is 3.15. The van der Waals surface area contributed by atoms with Crippen LogP contribution < -0.4 is 15.6 Å². The number of para-hydroxylation sites is 1. The smallest absolute Gasteiger partial charge is 0.475 e. The third-order valence-electron chi connectivity index (χ3n) is 5.76. The van der Waals surface area contributed by atoms with Gasteiger partial charge in [0.1, 0.15) is 18.6 Å². The number of nitrogens with zero attached hydrogens (tertiary/aromatic N) is 2. The molecular weight excluding hydrogens is 499 g/mol. The number of pyridine rings is 1. The minimum Gasteiger partial charge on any atom is -0.475 e. The van der Waals surface area contributed by atoms with Gasteiger partial charge in [-0.15, -0.1) is 0 Å². The van der Waals surface area contributed by atoms with E-state index in [2.05, 4.69) is 5.32 Å². The number of halogens is 3. The summed E-state index contributed by atoms with van der Waals surface area (Å²) in [6, 6.07) is 19.6. The van der Waals surface area contributed by atoms with Crippen LogP contribution in [0.5, 0.6) is 0 Å². The van der Waals surface area contributed by atoms with Crippen LogP contribution in [0, 0.1) is 12.3 Å². The minimum atomic E-state index is -5.08. The lowest BCUT2D eigenvalue weighted by atomic mass is 10.1. The van der Waals surface area contributed by atoms with Gasteiger partial charge in [0.25, 0.3) is 5.91 Å². The topological polar surface area (TPSA) is 125 Å². The third-order valence-corrected chi connectivity index (χ3v) is 5.76. The van der Waals surface area contributed by atoms with Crippen LogP contribution in [0.25, 0.3) is 10.9 Å². The van der Waals surface area contributed by atoms with E-state index in [0.717, 1.165) is 27.6 Å². The third kappa shape index (κ3) is 6.75. The zero-order valence-corrected chi connectivity index (χ0v) is 20.7. The Morgan fingerprint density at radius 1 is 1.05 bits per heavy atom. The molecule has 0 unspecified atom stereocenters. The zero-order valence-electron chi connectivity index (χ0n) is 20.7. The summed E-state index contributed by atoms with van der Waals surface area (Å²) in [5, 5.41) is 19.0. The monoisotopic (exact) mass is 526 g/mol. The average molecular weight is 527 g/mol. The molecule has 8 nitrogen and oxygen atoms in total. The molecule has 4 rings (SSSR count). The van der Waals surface area contributed by atoms with E-state index in [1.807, 2.05) is 96.2 Å². The lowest BCUT2D eigenvalue weighted by Crippen LogP contribution is -2.29. The highest BCUT2D eigenvalue weighted by atomic mass is 19.4. The number of aliphatic carboxylic acids is 1. The van der Waals surface area contributed by atoms with Gasteiger partial charge in [-0.25, -0.2) is 9.36 Å². The molecule has 2 aromatic carbocycles. The standard InChI is InChI=1S/C25H25N5O.C2HF3O2/c1-17-21-8-3-4-9-22(21)30(16-19-6-5-7-20(14-19)24(26)27)23(17)25(31)28-15-18-10-12-29(2)13-11-18;3-2(4,5)1(6)7/h3-14H,15-16H2,1-2H3,(H3-,26,27,28,31);(H,6,7)/p+1. The summed E-state index contributed by atoms with van der Waals surface area (Å²) in [5.74, 6) is -2.83. The Bertz CT molecular complexity index is 1480. The molecule has 2 aromatic heterocycles. The SMILES string of the molecule is Cc1c(C(=O)NCc2cc[n+](C)cc2)n(Cc2cccc(C(=N)N)c2)c2ccccc12.O=C(O)C(F)(F)F. The van der Waals surface area contributed by atoms with Crippen LogP contribution in [-0.4, -0.2) is 33.6 Å². The lowest BCUT2D eigenvalue weighted by molar-refractivity contribution is -0.671. The van der Waals surface area contributed by atoms with E-state index in [9.17, 15) is 18.0 Å². The number of carboxylic acid groups (broad SMARTS) is 1. The summed E-state index contributed by atoms with van der Waals surface area (Å²) in [7, 11) is 1.96. The molecule has 0 spiro atoms. The Hall–Kier alpha value is -4.67. The molecule has 0 atom stereocenters. The Morgan fingerprint density at radius 2 is 1.68 bits per heavy atom. The van der Waals surface area contributed by atoms with E-state index in [0.29, 0.717) is 24.3 Å². The highest BCUT2D eigenvalue weighted by Crippen LogP contribution is 2.27. The number of nitrogens with one attached hydrogen (secondary N) is 2. The van der Waals surface area contributed by atoms with E-state index in [1.165, 1.54) is 0 Å². The second-order valence-electron chi connectivity index (χ2n) is 8.55. The highest BCUT2D eigenvalue weighted by Gasteiger charge is 2.38. The van der Waals surface area contributed by atoms with Crippen LogP contribution in [0.4, 0.5) is 13.2 Å². The number of amidine groups is 1. The van der Waals surface area contributed by atoms with Crippen molar-refractivity contribution in [3.05, 3.63) is 101 Å². The first-order valence-corrected chi connectivity index (χ1v) is 11.4. The van der Waals surface area contributed by atoms with Crippen LogP contribution in [0.1, 0.15) is 32.7 Å². The van der Waals surface area contributed by atoms with Crippen LogP contribution in [0.2, 0.25) is 0 Å². The minimum absolute atomic E-state index is 0.0321. The first kappa shape index (κ1) is 27.9. The van der Waals surface area contributed by atoms with Gasteiger partial charge in [0.2, 0.25) is 0 Å². The normalized spacial score (nSPS) is 11.0. The van der Waals surface area contributed by atoms with Crippen molar-refractivity contribution < 1.29 is 32.4 Å². The van der Waals surface area contributed by atoms with Gasteiger partial charge in [0, 0.05) is 41.7 Å². The number of amides is 1. The molecule has 0 aliphatic heterocycles. The van der Waals surface area contributed by atoms with Gasteiger partial charge in [0.15, 0.2) is 12.4 Å². The molecule has 0 bridgehead atoms. The number of fused-ring (bicyclic) bond motifs is 1. The molecule has 5 N–H and O–H groups in total. The predicted octanol–water partition coefficient (Wildman–Crippen LogP) is 3.67. The molecule has 1 amide bonds. The largest absolute Gasteiger partial charge is 0.490 e. The van der Waals surface area contributed by atoms with E-state index in [1.54, 1.807) is 0 Å². The van der Waals surface area contributed by atoms with Crippen molar-refractivity contribution in [2.75, 3.05) is 0 Å². The first-order valence-electron chi connectivity index (χ1n) is 11.4. The number of aryl methyl sites for hydroxylation is 2. The molecule has 0 saturated heterocycles. The molecule has 2 heterocycles. The van der Waals surface area contributed by atoms with Gasteiger partial charge in [0.05, 0.1) is 0 Å². The van der Waals surface area contributed by atoms with Gasteiger partial charge >= 0.3 is 12.1 Å². The van der Waals surface area contributed by atoms with Gasteiger partial charge in [-0.3, -0.25) is 10.2 Å². The number of alkyl halides is 3. The molecule has 4 aromatic rings. The van der Waals surface area contributed by atoms with Crippen LogP contribution >= 0.6 is 0 Å². The molecule has 0 saturated carbocycles. The predicted molar refractivity (Wildman–Crippen MR) is 136 cm³/mol. The number of carbonyl (C=O) groups is 2. The molecular formula is C27H27F3N5O3+. The van der Waals surface area contributed by atoms with Gasteiger partial charge in [-0.1, -0.05) is 36.4 Å². The fourth-order valence-electron chi connectivity index (χ4n) is 3.87. The van der Waals surface area contributed by atoms with Crippen molar-refractivity contribution in [2.45, 2.75) is 26.2 Å². The van der Waals surface area contributed by atoms with Crippen LogP contribution in [0.3, 0.4) is 0 Å². The Balaban J connectivity index is 0.000000505. The van der Waals surface area contributed by atoms with Crippen molar-refractivity contribution in [3.8, 4) is 0 Å². The molecule has 0 fully saturated rings. The maximum atomic E-state index is 13.3. The van der Waals surface area contributed by atoms with Gasteiger partial charge < -0.3 is 20.7 Å². The summed E-state index contributed by atoms with van der Waals surface area (Å²) in [6.07, 6.45) is -1.16. The van der Waals surface area contributed by atoms with Gasteiger partial charge in [-0.2, -0.15) is 13.2 Å². The number of hydrogen-bond donors (Lipinski definition) is 4. The summed E-state index contributed by atoms with van der Waals surface area (Å²) in [5.41, 5.74) is 11.0. The fourth-order valence-corrected chi connectivity index (χ4v) is 3.87. The van der Waals surface area contributed by atoms with Crippen molar-refractivity contribution in [3.63, 3.8) is 0 Å². The number of nitrogen functional groups attached to an aromatic ring is 1. The summed E-state index contributed by atoms with van der Waals surface area (Å²) in [4.78, 5) is 22.2. The summed E-state index contributed by atoms with van der Waals surface area (Å²) in [6.45, 7) is 2.96. The maximum Gasteiger partial charge on any atom is 0.490 e. The van der Waals surface area contributed by atoms with Gasteiger partial charge in [-0.05, 0) is 35.7 Å². The van der Waals surface area contributed by atoms with Crippen LogP contribution in [0.15, 0.2) is 73.1 Å². The molecule has 0 radical (unpaired) electrons. The Morgan fingerprint density at radius 3 is 2.29 bits per heavy atom.